The Balaban J connectivity index is 1.31. The third kappa shape index (κ3) is 7.00. The number of halogens is 1. The Labute approximate surface area is 218 Å². The summed E-state index contributed by atoms with van der Waals surface area (Å²) in [6.07, 6.45) is 7.47. The number of carbonyl (C=O) groups excluding carboxylic acids is 3. The highest BCUT2D eigenvalue weighted by Gasteiger charge is 2.22. The van der Waals surface area contributed by atoms with E-state index in [9.17, 15) is 14.4 Å². The molecule has 2 aromatic carbocycles. The first-order valence-electron chi connectivity index (χ1n) is 12.9. The summed E-state index contributed by atoms with van der Waals surface area (Å²) in [6, 6.07) is 12.3. The van der Waals surface area contributed by atoms with Crippen LogP contribution in [0.5, 0.6) is 0 Å². The molecule has 0 aromatic heterocycles. The number of hydrogen-bond acceptors (Lipinski definition) is 4. The molecule has 0 bridgehead atoms. The van der Waals surface area contributed by atoms with Crippen LogP contribution in [0.15, 0.2) is 42.5 Å². The molecule has 7 nitrogen and oxygen atoms in total. The first kappa shape index (κ1) is 26.0. The minimum atomic E-state index is -0.266. The van der Waals surface area contributed by atoms with Gasteiger partial charge in [0.2, 0.25) is 5.91 Å². The van der Waals surface area contributed by atoms with Crippen LogP contribution in [0, 0.1) is 5.92 Å². The maximum absolute atomic E-state index is 12.9. The van der Waals surface area contributed by atoms with Crippen molar-refractivity contribution in [2.75, 3.05) is 30.3 Å². The third-order valence-electron chi connectivity index (χ3n) is 7.07. The molecule has 8 heteroatoms. The largest absolute Gasteiger partial charge is 0.376 e. The van der Waals surface area contributed by atoms with Crippen LogP contribution in [0.2, 0.25) is 5.02 Å². The van der Waals surface area contributed by atoms with Crippen molar-refractivity contribution in [2.24, 2.45) is 5.92 Å². The predicted molar refractivity (Wildman–Crippen MR) is 144 cm³/mol. The molecule has 0 unspecified atom stereocenters. The highest BCUT2D eigenvalue weighted by Crippen LogP contribution is 2.23. The van der Waals surface area contributed by atoms with Crippen molar-refractivity contribution in [2.45, 2.75) is 57.9 Å². The molecule has 3 amide bonds. The van der Waals surface area contributed by atoms with Gasteiger partial charge in [0.1, 0.15) is 0 Å². The van der Waals surface area contributed by atoms with E-state index in [-0.39, 0.29) is 30.3 Å². The molecule has 36 heavy (non-hydrogen) atoms. The van der Waals surface area contributed by atoms with E-state index >= 15 is 0 Å². The lowest BCUT2D eigenvalue weighted by Crippen LogP contribution is -2.37. The zero-order valence-corrected chi connectivity index (χ0v) is 21.6. The van der Waals surface area contributed by atoms with Crippen molar-refractivity contribution in [3.8, 4) is 0 Å². The molecule has 1 heterocycles. The van der Waals surface area contributed by atoms with Crippen molar-refractivity contribution < 1.29 is 14.4 Å². The number of piperidine rings is 1. The van der Waals surface area contributed by atoms with Gasteiger partial charge >= 0.3 is 0 Å². The van der Waals surface area contributed by atoms with Gasteiger partial charge in [0.25, 0.3) is 11.8 Å². The Morgan fingerprint density at radius 3 is 2.44 bits per heavy atom. The highest BCUT2D eigenvalue weighted by atomic mass is 35.5. The summed E-state index contributed by atoms with van der Waals surface area (Å²) < 4.78 is 0. The molecule has 2 fully saturated rings. The summed E-state index contributed by atoms with van der Waals surface area (Å²) in [7, 11) is 0. The topological polar surface area (TPSA) is 90.5 Å². The second-order valence-corrected chi connectivity index (χ2v) is 10.4. The molecule has 1 aliphatic carbocycles. The standard InChI is InChI=1S/C28H35ClN4O3/c1-19-12-14-33(15-13-19)28(36)20-6-5-9-22(16-20)30-18-26(34)31-23-10-11-25(29)24(17-23)27(35)32-21-7-3-2-4-8-21/h5-6,9-11,16-17,19,21,30H,2-4,7-8,12-15,18H2,1H3,(H,31,34)(H,32,35). The number of benzene rings is 2. The number of likely N-dealkylation sites (tertiary alicyclic amines) is 1. The molecule has 0 atom stereocenters. The first-order chi connectivity index (χ1) is 17.4. The fraction of sp³-hybridized carbons (Fsp3) is 0.464. The van der Waals surface area contributed by atoms with Gasteiger partial charge in [0.05, 0.1) is 17.1 Å². The fourth-order valence-corrected chi connectivity index (χ4v) is 5.03. The van der Waals surface area contributed by atoms with Gasteiger partial charge < -0.3 is 20.9 Å². The summed E-state index contributed by atoms with van der Waals surface area (Å²) in [5, 5.41) is 9.32. The molecule has 1 saturated heterocycles. The van der Waals surface area contributed by atoms with Gasteiger partial charge in [0, 0.05) is 36.1 Å². The number of anilines is 2. The summed E-state index contributed by atoms with van der Waals surface area (Å²) >= 11 is 6.27. The van der Waals surface area contributed by atoms with Gasteiger partial charge in [-0.05, 0) is 68.0 Å². The molecule has 0 radical (unpaired) electrons. The normalized spacial score (nSPS) is 16.9. The van der Waals surface area contributed by atoms with E-state index in [4.69, 9.17) is 11.6 Å². The summed E-state index contributed by atoms with van der Waals surface area (Å²) in [5.41, 5.74) is 2.17. The average molecular weight is 511 g/mol. The number of carbonyl (C=O) groups is 3. The number of nitrogens with zero attached hydrogens (tertiary/aromatic N) is 1. The second-order valence-electron chi connectivity index (χ2n) is 9.96. The average Bonchev–Trinajstić information content (AvgIpc) is 2.89. The van der Waals surface area contributed by atoms with Gasteiger partial charge in [-0.3, -0.25) is 14.4 Å². The van der Waals surface area contributed by atoms with Gasteiger partial charge in [-0.25, -0.2) is 0 Å². The quantitative estimate of drug-likeness (QED) is 0.470. The molecule has 1 saturated carbocycles. The minimum absolute atomic E-state index is 0.0190. The number of hydrogen-bond donors (Lipinski definition) is 3. The Morgan fingerprint density at radius 1 is 0.944 bits per heavy atom. The summed E-state index contributed by atoms with van der Waals surface area (Å²) in [6.45, 7) is 3.79. The van der Waals surface area contributed by atoms with Crippen LogP contribution >= 0.6 is 11.6 Å². The molecule has 3 N–H and O–H groups in total. The van der Waals surface area contributed by atoms with Gasteiger partial charge in [-0.15, -0.1) is 0 Å². The van der Waals surface area contributed by atoms with Gasteiger partial charge in [-0.2, -0.15) is 0 Å². The minimum Gasteiger partial charge on any atom is -0.376 e. The van der Waals surface area contributed by atoms with Gasteiger partial charge in [0.15, 0.2) is 0 Å². The van der Waals surface area contributed by atoms with E-state index in [0.29, 0.717) is 33.4 Å². The van der Waals surface area contributed by atoms with Gasteiger partial charge in [-0.1, -0.05) is 43.9 Å². The number of rotatable bonds is 7. The van der Waals surface area contributed by atoms with Crippen LogP contribution in [0.1, 0.15) is 72.6 Å². The monoisotopic (exact) mass is 510 g/mol. The Bertz CT molecular complexity index is 1090. The second kappa shape index (κ2) is 12.3. The van der Waals surface area contributed by atoms with E-state index in [1.165, 1.54) is 6.42 Å². The van der Waals surface area contributed by atoms with Crippen molar-refractivity contribution >= 4 is 40.7 Å². The van der Waals surface area contributed by atoms with Crippen LogP contribution in [-0.2, 0) is 4.79 Å². The van der Waals surface area contributed by atoms with Crippen molar-refractivity contribution in [1.82, 2.24) is 10.2 Å². The lowest BCUT2D eigenvalue weighted by Gasteiger charge is -2.30. The van der Waals surface area contributed by atoms with Crippen LogP contribution < -0.4 is 16.0 Å². The molecule has 2 aliphatic rings. The van der Waals surface area contributed by atoms with E-state index in [2.05, 4.69) is 22.9 Å². The maximum atomic E-state index is 12.9. The van der Waals surface area contributed by atoms with E-state index in [1.54, 1.807) is 30.3 Å². The first-order valence-corrected chi connectivity index (χ1v) is 13.3. The number of amides is 3. The zero-order chi connectivity index (χ0) is 25.5. The maximum Gasteiger partial charge on any atom is 0.253 e. The molecular formula is C28H35ClN4O3. The Hall–Kier alpha value is -3.06. The summed E-state index contributed by atoms with van der Waals surface area (Å²) in [5.74, 6) is 0.197. The van der Waals surface area contributed by atoms with Crippen LogP contribution in [0.3, 0.4) is 0 Å². The lowest BCUT2D eigenvalue weighted by molar-refractivity contribution is -0.114. The smallest absolute Gasteiger partial charge is 0.253 e. The molecule has 192 valence electrons. The molecule has 4 rings (SSSR count). The summed E-state index contributed by atoms with van der Waals surface area (Å²) in [4.78, 5) is 40.1. The Morgan fingerprint density at radius 2 is 1.69 bits per heavy atom. The van der Waals surface area contributed by atoms with Crippen molar-refractivity contribution in [3.05, 3.63) is 58.6 Å². The SMILES string of the molecule is CC1CCN(C(=O)c2cccc(NCC(=O)Nc3ccc(Cl)c(C(=O)NC4CCCCC4)c3)c2)CC1. The fourth-order valence-electron chi connectivity index (χ4n) is 4.83. The van der Waals surface area contributed by atoms with Crippen molar-refractivity contribution in [3.63, 3.8) is 0 Å². The third-order valence-corrected chi connectivity index (χ3v) is 7.40. The molecule has 0 spiro atoms. The van der Waals surface area contributed by atoms with E-state index in [1.807, 2.05) is 17.0 Å². The zero-order valence-electron chi connectivity index (χ0n) is 20.8. The van der Waals surface area contributed by atoms with Crippen LogP contribution in [0.4, 0.5) is 11.4 Å². The van der Waals surface area contributed by atoms with Crippen LogP contribution in [-0.4, -0.2) is 48.3 Å². The van der Waals surface area contributed by atoms with Crippen LogP contribution in [0.25, 0.3) is 0 Å². The van der Waals surface area contributed by atoms with E-state index < -0.39 is 0 Å². The predicted octanol–water partition coefficient (Wildman–Crippen LogP) is 5.33. The molecular weight excluding hydrogens is 476 g/mol. The number of nitrogens with one attached hydrogen (secondary N) is 3. The highest BCUT2D eigenvalue weighted by molar-refractivity contribution is 6.34. The van der Waals surface area contributed by atoms with E-state index in [0.717, 1.165) is 51.6 Å². The lowest BCUT2D eigenvalue weighted by atomic mass is 9.95. The Kier molecular flexibility index (Phi) is 8.86. The molecule has 1 aliphatic heterocycles. The molecule has 2 aromatic rings. The van der Waals surface area contributed by atoms with Crippen molar-refractivity contribution in [1.29, 1.82) is 0 Å².